The van der Waals surface area contributed by atoms with Crippen LogP contribution in [0.15, 0.2) is 48.8 Å². The number of fused-ring (bicyclic) bond motifs is 1. The Morgan fingerprint density at radius 2 is 1.92 bits per heavy atom. The molecule has 1 atom stereocenters. The molecule has 1 N–H and O–H groups in total. The third kappa shape index (κ3) is 2.77. The molecule has 3 aromatic rings. The fourth-order valence-electron chi connectivity index (χ4n) is 2.94. The maximum atomic E-state index is 13.1. The zero-order valence-corrected chi connectivity index (χ0v) is 13.4. The Labute approximate surface area is 139 Å². The van der Waals surface area contributed by atoms with Crippen LogP contribution in [0.3, 0.4) is 0 Å². The highest BCUT2D eigenvalue weighted by molar-refractivity contribution is 6.00. The highest BCUT2D eigenvalue weighted by atomic mass is 19.1. The first-order chi connectivity index (χ1) is 11.6. The summed E-state index contributed by atoms with van der Waals surface area (Å²) in [6.07, 6.45) is 6.06. The van der Waals surface area contributed by atoms with Crippen LogP contribution in [-0.2, 0) is 0 Å². The predicted molar refractivity (Wildman–Crippen MR) is 90.2 cm³/mol. The van der Waals surface area contributed by atoms with Gasteiger partial charge >= 0.3 is 0 Å². The van der Waals surface area contributed by atoms with E-state index >= 15 is 0 Å². The molecule has 1 fully saturated rings. The van der Waals surface area contributed by atoms with E-state index in [9.17, 15) is 9.18 Å². The Morgan fingerprint density at radius 1 is 1.21 bits per heavy atom. The minimum atomic E-state index is -0.281. The van der Waals surface area contributed by atoms with Crippen molar-refractivity contribution in [2.24, 2.45) is 5.92 Å². The molecule has 1 saturated carbocycles. The first-order valence-electron chi connectivity index (χ1n) is 8.16. The van der Waals surface area contributed by atoms with Crippen molar-refractivity contribution in [3.05, 3.63) is 60.2 Å². The van der Waals surface area contributed by atoms with Crippen LogP contribution >= 0.6 is 0 Å². The smallest absolute Gasteiger partial charge is 0.255 e. The highest BCUT2D eigenvalue weighted by Gasteiger charge is 2.29. The van der Waals surface area contributed by atoms with Crippen molar-refractivity contribution in [1.29, 1.82) is 0 Å². The van der Waals surface area contributed by atoms with Crippen molar-refractivity contribution < 1.29 is 9.18 Å². The van der Waals surface area contributed by atoms with E-state index in [0.29, 0.717) is 22.8 Å². The van der Waals surface area contributed by atoms with Gasteiger partial charge in [-0.25, -0.2) is 9.37 Å². The van der Waals surface area contributed by atoms with Crippen molar-refractivity contribution in [2.45, 2.75) is 25.8 Å². The minimum absolute atomic E-state index is 0.0966. The Hall–Kier alpha value is -2.69. The molecule has 1 unspecified atom stereocenters. The molecule has 5 heteroatoms. The second-order valence-electron chi connectivity index (χ2n) is 6.38. The van der Waals surface area contributed by atoms with Gasteiger partial charge < -0.3 is 9.72 Å². The van der Waals surface area contributed by atoms with Gasteiger partial charge in [0.15, 0.2) is 0 Å². The molecule has 2 aromatic heterocycles. The van der Waals surface area contributed by atoms with E-state index in [4.69, 9.17) is 0 Å². The van der Waals surface area contributed by atoms with Crippen molar-refractivity contribution in [3.63, 3.8) is 0 Å². The Kier molecular flexibility index (Phi) is 3.56. The lowest BCUT2D eigenvalue weighted by molar-refractivity contribution is 0.0937. The lowest BCUT2D eigenvalue weighted by Gasteiger charge is -2.12. The maximum absolute atomic E-state index is 13.1. The average molecular weight is 323 g/mol. The molecule has 4 rings (SSSR count). The molecule has 4 nitrogen and oxygen atoms in total. The zero-order valence-electron chi connectivity index (χ0n) is 13.4. The molecule has 0 saturated heterocycles. The molecule has 2 heterocycles. The van der Waals surface area contributed by atoms with Crippen LogP contribution in [-0.4, -0.2) is 21.3 Å². The number of hydrogen-bond donors (Lipinski definition) is 1. The summed E-state index contributed by atoms with van der Waals surface area (Å²) in [7, 11) is 0. The monoisotopic (exact) mass is 323 g/mol. The van der Waals surface area contributed by atoms with Gasteiger partial charge in [-0.15, -0.1) is 0 Å². The number of benzene rings is 1. The van der Waals surface area contributed by atoms with Crippen molar-refractivity contribution >= 4 is 11.6 Å². The number of aromatic nitrogens is 2. The molecular formula is C19H18FN3O. The van der Waals surface area contributed by atoms with Crippen LogP contribution in [0.1, 0.15) is 30.1 Å². The summed E-state index contributed by atoms with van der Waals surface area (Å²) >= 11 is 0. The summed E-state index contributed by atoms with van der Waals surface area (Å²) in [5, 5.41) is 3.06. The molecule has 0 spiro atoms. The van der Waals surface area contributed by atoms with E-state index in [1.54, 1.807) is 18.2 Å². The summed E-state index contributed by atoms with van der Waals surface area (Å²) in [6, 6.07) is 10.0. The topological polar surface area (TPSA) is 46.4 Å². The van der Waals surface area contributed by atoms with Crippen LogP contribution in [0.25, 0.3) is 16.9 Å². The summed E-state index contributed by atoms with van der Waals surface area (Å²) in [5.41, 5.74) is 2.70. The molecule has 1 aromatic carbocycles. The van der Waals surface area contributed by atoms with Gasteiger partial charge in [0.2, 0.25) is 0 Å². The molecule has 24 heavy (non-hydrogen) atoms. The second-order valence-corrected chi connectivity index (χ2v) is 6.38. The third-order valence-electron chi connectivity index (χ3n) is 4.58. The summed E-state index contributed by atoms with van der Waals surface area (Å²) in [4.78, 5) is 17.1. The largest absolute Gasteiger partial charge is 0.349 e. The number of nitrogens with zero attached hydrogens (tertiary/aromatic N) is 2. The maximum Gasteiger partial charge on any atom is 0.255 e. The van der Waals surface area contributed by atoms with Crippen molar-refractivity contribution in [2.75, 3.05) is 0 Å². The van der Waals surface area contributed by atoms with Crippen LogP contribution in [0.2, 0.25) is 0 Å². The van der Waals surface area contributed by atoms with Gasteiger partial charge in [-0.3, -0.25) is 4.79 Å². The Morgan fingerprint density at radius 3 is 2.62 bits per heavy atom. The van der Waals surface area contributed by atoms with Gasteiger partial charge in [0, 0.05) is 24.0 Å². The molecule has 0 radical (unpaired) electrons. The SMILES string of the molecule is CC(NC(=O)c1ccn2ccc(-c3ccc(F)cc3)nc12)C1CC1. The fourth-order valence-corrected chi connectivity index (χ4v) is 2.94. The van der Waals surface area contributed by atoms with Crippen molar-refractivity contribution in [1.82, 2.24) is 14.7 Å². The summed E-state index contributed by atoms with van der Waals surface area (Å²) < 4.78 is 14.9. The van der Waals surface area contributed by atoms with Gasteiger partial charge in [-0.05, 0) is 62.1 Å². The summed E-state index contributed by atoms with van der Waals surface area (Å²) in [6.45, 7) is 2.05. The second kappa shape index (κ2) is 5.74. The minimum Gasteiger partial charge on any atom is -0.349 e. The van der Waals surface area contributed by atoms with E-state index in [0.717, 1.165) is 5.56 Å². The van der Waals surface area contributed by atoms with E-state index in [1.165, 1.54) is 25.0 Å². The molecule has 0 bridgehead atoms. The van der Waals surface area contributed by atoms with Crippen LogP contribution in [0.5, 0.6) is 0 Å². The molecule has 1 aliphatic carbocycles. The van der Waals surface area contributed by atoms with Gasteiger partial charge in [0.1, 0.15) is 11.5 Å². The summed E-state index contributed by atoms with van der Waals surface area (Å²) in [5.74, 6) is 0.225. The lowest BCUT2D eigenvalue weighted by Crippen LogP contribution is -2.33. The van der Waals surface area contributed by atoms with Crippen LogP contribution in [0.4, 0.5) is 4.39 Å². The van der Waals surface area contributed by atoms with E-state index in [2.05, 4.69) is 10.3 Å². The number of halogens is 1. The van der Waals surface area contributed by atoms with Gasteiger partial charge in [-0.2, -0.15) is 0 Å². The molecule has 1 aliphatic rings. The molecular weight excluding hydrogens is 305 g/mol. The number of nitrogens with one attached hydrogen (secondary N) is 1. The standard InChI is InChI=1S/C19H18FN3O/c1-12(13-2-3-13)21-19(24)16-8-10-23-11-9-17(22-18(16)23)14-4-6-15(20)7-5-14/h4-13H,2-3H2,1H3,(H,21,24). The van der Waals surface area contributed by atoms with Gasteiger partial charge in [-0.1, -0.05) is 0 Å². The normalized spacial score (nSPS) is 15.4. The third-order valence-corrected chi connectivity index (χ3v) is 4.58. The Balaban J connectivity index is 1.67. The number of carbonyl (C=O) groups excluding carboxylic acids is 1. The zero-order chi connectivity index (χ0) is 16.7. The average Bonchev–Trinajstić information content (AvgIpc) is 3.35. The van der Waals surface area contributed by atoms with Crippen LogP contribution in [0, 0.1) is 11.7 Å². The van der Waals surface area contributed by atoms with E-state index in [-0.39, 0.29) is 17.8 Å². The van der Waals surface area contributed by atoms with Crippen molar-refractivity contribution in [3.8, 4) is 11.3 Å². The van der Waals surface area contributed by atoms with Gasteiger partial charge in [0.25, 0.3) is 5.91 Å². The molecule has 1 amide bonds. The highest BCUT2D eigenvalue weighted by Crippen LogP contribution is 2.32. The first kappa shape index (κ1) is 14.9. The van der Waals surface area contributed by atoms with E-state index < -0.39 is 0 Å². The number of amides is 1. The Bertz CT molecular complexity index is 897. The number of rotatable bonds is 4. The lowest BCUT2D eigenvalue weighted by atomic mass is 10.1. The van der Waals surface area contributed by atoms with Gasteiger partial charge in [0.05, 0.1) is 11.3 Å². The van der Waals surface area contributed by atoms with Crippen LogP contribution < -0.4 is 5.32 Å². The number of carbonyl (C=O) groups is 1. The van der Waals surface area contributed by atoms with E-state index in [1.807, 2.05) is 29.8 Å². The molecule has 0 aliphatic heterocycles. The quantitative estimate of drug-likeness (QED) is 0.796. The first-order valence-corrected chi connectivity index (χ1v) is 8.16. The molecule has 122 valence electrons. The predicted octanol–water partition coefficient (Wildman–Crippen LogP) is 3.67. The number of hydrogen-bond acceptors (Lipinski definition) is 2. The fraction of sp³-hybridized carbons (Fsp3) is 0.263.